The highest BCUT2D eigenvalue weighted by Gasteiger charge is 2.19. The zero-order chi connectivity index (χ0) is 15.4. The van der Waals surface area contributed by atoms with Crippen LogP contribution in [0.4, 0.5) is 20.2 Å². The fraction of sp³-hybridized carbons (Fsp3) is 0.294. The number of nitrogens with one attached hydrogen (secondary N) is 1. The summed E-state index contributed by atoms with van der Waals surface area (Å²) in [6, 6.07) is 11.2. The lowest BCUT2D eigenvalue weighted by Gasteiger charge is -2.28. The lowest BCUT2D eigenvalue weighted by Crippen LogP contribution is -2.22. The summed E-state index contributed by atoms with van der Waals surface area (Å²) < 4.78 is 27.5. The molecule has 0 saturated carbocycles. The van der Waals surface area contributed by atoms with Crippen molar-refractivity contribution in [2.75, 3.05) is 18.5 Å². The van der Waals surface area contributed by atoms with E-state index in [4.69, 9.17) is 0 Å². The van der Waals surface area contributed by atoms with Gasteiger partial charge in [0.05, 0.1) is 5.69 Å². The summed E-state index contributed by atoms with van der Waals surface area (Å²) in [5.41, 5.74) is 2.19. The Bertz CT molecular complexity index is 596. The van der Waals surface area contributed by atoms with Crippen LogP contribution in [0.2, 0.25) is 0 Å². The second-order valence-electron chi connectivity index (χ2n) is 4.91. The van der Waals surface area contributed by atoms with Crippen LogP contribution < -0.4 is 10.2 Å². The van der Waals surface area contributed by atoms with Crippen LogP contribution in [-0.2, 0) is 0 Å². The Morgan fingerprint density at radius 2 is 1.76 bits per heavy atom. The highest BCUT2D eigenvalue weighted by Crippen LogP contribution is 2.34. The molecule has 0 amide bonds. The molecule has 2 aromatic rings. The van der Waals surface area contributed by atoms with E-state index in [9.17, 15) is 8.78 Å². The fourth-order valence-electron chi connectivity index (χ4n) is 2.41. The summed E-state index contributed by atoms with van der Waals surface area (Å²) in [5, 5.41) is 3.14. The second kappa shape index (κ2) is 6.68. The molecule has 0 radical (unpaired) electrons. The first-order chi connectivity index (χ1) is 10.1. The van der Waals surface area contributed by atoms with E-state index in [1.54, 1.807) is 18.2 Å². The van der Waals surface area contributed by atoms with Crippen LogP contribution in [0.3, 0.4) is 0 Å². The number of rotatable bonds is 5. The number of hydrogen-bond acceptors (Lipinski definition) is 2. The van der Waals surface area contributed by atoms with Gasteiger partial charge in [0.2, 0.25) is 0 Å². The average molecular weight is 290 g/mol. The van der Waals surface area contributed by atoms with E-state index in [2.05, 4.69) is 5.32 Å². The van der Waals surface area contributed by atoms with Gasteiger partial charge in [-0.25, -0.2) is 8.78 Å². The Labute approximate surface area is 124 Å². The van der Waals surface area contributed by atoms with Gasteiger partial charge in [-0.15, -0.1) is 0 Å². The molecule has 2 aromatic carbocycles. The van der Waals surface area contributed by atoms with Crippen molar-refractivity contribution < 1.29 is 8.78 Å². The molecule has 0 aromatic heterocycles. The molecule has 0 saturated heterocycles. The first kappa shape index (κ1) is 15.4. The Kier molecular flexibility index (Phi) is 4.91. The summed E-state index contributed by atoms with van der Waals surface area (Å²) in [5.74, 6) is -0.576. The minimum absolute atomic E-state index is 0.0187. The van der Waals surface area contributed by atoms with Crippen molar-refractivity contribution >= 4 is 11.4 Å². The number of nitrogens with zero attached hydrogens (tertiary/aromatic N) is 1. The third-order valence-corrected chi connectivity index (χ3v) is 3.64. The van der Waals surface area contributed by atoms with E-state index in [0.29, 0.717) is 12.2 Å². The maximum atomic E-state index is 14.4. The van der Waals surface area contributed by atoms with Gasteiger partial charge in [-0.3, -0.25) is 0 Å². The number of hydrogen-bond donors (Lipinski definition) is 1. The second-order valence-corrected chi connectivity index (χ2v) is 4.91. The quantitative estimate of drug-likeness (QED) is 0.878. The smallest absolute Gasteiger partial charge is 0.147 e. The summed E-state index contributed by atoms with van der Waals surface area (Å²) in [4.78, 5) is 1.86. The molecule has 0 aliphatic heterocycles. The summed E-state index contributed by atoms with van der Waals surface area (Å²) >= 11 is 0. The summed E-state index contributed by atoms with van der Waals surface area (Å²) in [6.45, 7) is 4.52. The predicted octanol–water partition coefficient (Wildman–Crippen LogP) is 4.40. The minimum Gasteiger partial charge on any atom is -0.339 e. The van der Waals surface area contributed by atoms with Crippen LogP contribution in [0.15, 0.2) is 42.5 Å². The van der Waals surface area contributed by atoms with Gasteiger partial charge in [0.1, 0.15) is 11.6 Å². The third kappa shape index (κ3) is 3.22. The van der Waals surface area contributed by atoms with Crippen molar-refractivity contribution in [3.05, 3.63) is 59.7 Å². The molecule has 1 N–H and O–H groups in total. The van der Waals surface area contributed by atoms with E-state index < -0.39 is 0 Å². The standard InChI is InChI=1S/C17H20F2N2/c1-4-21(14-10-8-13(18)9-11-14)17-15(12(2)20-3)6-5-7-16(17)19/h5-12,20H,4H2,1-3H3. The van der Waals surface area contributed by atoms with Crippen LogP contribution >= 0.6 is 0 Å². The summed E-state index contributed by atoms with van der Waals surface area (Å²) in [7, 11) is 1.84. The van der Waals surface area contributed by atoms with Gasteiger partial charge in [0.15, 0.2) is 0 Å². The Hall–Kier alpha value is -1.94. The highest BCUT2D eigenvalue weighted by atomic mass is 19.1. The molecule has 4 heteroatoms. The van der Waals surface area contributed by atoms with Gasteiger partial charge in [0.25, 0.3) is 0 Å². The monoisotopic (exact) mass is 290 g/mol. The number of anilines is 2. The lowest BCUT2D eigenvalue weighted by atomic mass is 10.0. The fourth-order valence-corrected chi connectivity index (χ4v) is 2.41. The molecular weight excluding hydrogens is 270 g/mol. The third-order valence-electron chi connectivity index (χ3n) is 3.64. The minimum atomic E-state index is -0.299. The van der Waals surface area contributed by atoms with Gasteiger partial charge in [-0.1, -0.05) is 12.1 Å². The number of para-hydroxylation sites is 1. The molecule has 1 atom stereocenters. The Morgan fingerprint density at radius 1 is 1.10 bits per heavy atom. The summed E-state index contributed by atoms with van der Waals surface area (Å²) in [6.07, 6.45) is 0. The molecular formula is C17H20F2N2. The zero-order valence-electron chi connectivity index (χ0n) is 12.5. The van der Waals surface area contributed by atoms with E-state index in [-0.39, 0.29) is 17.7 Å². The van der Waals surface area contributed by atoms with Crippen molar-refractivity contribution in [3.8, 4) is 0 Å². The van der Waals surface area contributed by atoms with Crippen molar-refractivity contribution in [2.45, 2.75) is 19.9 Å². The van der Waals surface area contributed by atoms with E-state index in [0.717, 1.165) is 11.3 Å². The molecule has 0 aliphatic carbocycles. The van der Waals surface area contributed by atoms with Crippen LogP contribution in [0, 0.1) is 11.6 Å². The maximum Gasteiger partial charge on any atom is 0.147 e. The molecule has 0 aliphatic rings. The number of halogens is 2. The van der Waals surface area contributed by atoms with Gasteiger partial charge in [-0.2, -0.15) is 0 Å². The molecule has 0 bridgehead atoms. The largest absolute Gasteiger partial charge is 0.339 e. The molecule has 2 rings (SSSR count). The normalized spacial score (nSPS) is 12.2. The van der Waals surface area contributed by atoms with E-state index in [1.165, 1.54) is 18.2 Å². The van der Waals surface area contributed by atoms with Gasteiger partial charge in [-0.05, 0) is 56.8 Å². The van der Waals surface area contributed by atoms with E-state index in [1.807, 2.05) is 31.9 Å². The van der Waals surface area contributed by atoms with Crippen LogP contribution in [0.25, 0.3) is 0 Å². The molecule has 0 spiro atoms. The molecule has 1 unspecified atom stereocenters. The Morgan fingerprint density at radius 3 is 2.33 bits per heavy atom. The van der Waals surface area contributed by atoms with Crippen LogP contribution in [-0.4, -0.2) is 13.6 Å². The van der Waals surface area contributed by atoms with Crippen molar-refractivity contribution in [1.29, 1.82) is 0 Å². The molecule has 0 heterocycles. The first-order valence-electron chi connectivity index (χ1n) is 7.07. The number of benzene rings is 2. The van der Waals surface area contributed by atoms with Gasteiger partial charge in [0, 0.05) is 18.3 Å². The van der Waals surface area contributed by atoms with Crippen molar-refractivity contribution in [3.63, 3.8) is 0 Å². The molecule has 0 fully saturated rings. The lowest BCUT2D eigenvalue weighted by molar-refractivity contribution is 0.606. The maximum absolute atomic E-state index is 14.4. The molecule has 2 nitrogen and oxygen atoms in total. The van der Waals surface area contributed by atoms with Crippen molar-refractivity contribution in [2.24, 2.45) is 0 Å². The molecule has 21 heavy (non-hydrogen) atoms. The first-order valence-corrected chi connectivity index (χ1v) is 7.07. The topological polar surface area (TPSA) is 15.3 Å². The van der Waals surface area contributed by atoms with Crippen molar-refractivity contribution in [1.82, 2.24) is 5.32 Å². The molecule has 112 valence electrons. The van der Waals surface area contributed by atoms with E-state index >= 15 is 0 Å². The Balaban J connectivity index is 2.54. The van der Waals surface area contributed by atoms with Crippen LogP contribution in [0.5, 0.6) is 0 Å². The van der Waals surface area contributed by atoms with Gasteiger partial charge >= 0.3 is 0 Å². The van der Waals surface area contributed by atoms with Gasteiger partial charge < -0.3 is 10.2 Å². The highest BCUT2D eigenvalue weighted by molar-refractivity contribution is 5.67. The SMILES string of the molecule is CCN(c1ccc(F)cc1)c1c(F)cccc1C(C)NC. The average Bonchev–Trinajstić information content (AvgIpc) is 2.50. The predicted molar refractivity (Wildman–Crippen MR) is 83.0 cm³/mol. The zero-order valence-corrected chi connectivity index (χ0v) is 12.5. The van der Waals surface area contributed by atoms with Crippen LogP contribution in [0.1, 0.15) is 25.5 Å².